The standard InChI is InChI=1S/C18H23F3N4/c1-13-6-4-5-7-14(13)12-24-16-15(18(19,20)21)8-9-22-17(16)23-10-11-25(2)3/h4-9,24H,10-12H2,1-3H3,(H,22,23). The summed E-state index contributed by atoms with van der Waals surface area (Å²) < 4.78 is 40.1. The Hall–Kier alpha value is -2.28. The number of halogens is 3. The van der Waals surface area contributed by atoms with E-state index in [2.05, 4.69) is 15.6 Å². The maximum atomic E-state index is 13.4. The zero-order valence-corrected chi connectivity index (χ0v) is 14.6. The van der Waals surface area contributed by atoms with Gasteiger partial charge < -0.3 is 15.5 Å². The molecule has 7 heteroatoms. The molecule has 2 aromatic rings. The molecule has 0 aliphatic rings. The van der Waals surface area contributed by atoms with Gasteiger partial charge in [0.25, 0.3) is 0 Å². The minimum atomic E-state index is -4.45. The number of hydrogen-bond acceptors (Lipinski definition) is 4. The van der Waals surface area contributed by atoms with Crippen molar-refractivity contribution in [1.29, 1.82) is 0 Å². The molecule has 2 rings (SSSR count). The maximum absolute atomic E-state index is 13.4. The number of nitrogens with one attached hydrogen (secondary N) is 2. The highest BCUT2D eigenvalue weighted by atomic mass is 19.4. The second-order valence-corrected chi connectivity index (χ2v) is 6.09. The zero-order chi connectivity index (χ0) is 18.4. The Labute approximate surface area is 146 Å². The van der Waals surface area contributed by atoms with E-state index in [1.165, 1.54) is 6.20 Å². The van der Waals surface area contributed by atoms with E-state index in [0.29, 0.717) is 19.6 Å². The van der Waals surface area contributed by atoms with Crippen molar-refractivity contribution >= 4 is 11.5 Å². The zero-order valence-electron chi connectivity index (χ0n) is 14.6. The summed E-state index contributed by atoms with van der Waals surface area (Å²) in [5.41, 5.74) is 1.23. The van der Waals surface area contributed by atoms with Crippen molar-refractivity contribution in [1.82, 2.24) is 9.88 Å². The number of nitrogens with zero attached hydrogens (tertiary/aromatic N) is 2. The van der Waals surface area contributed by atoms with Gasteiger partial charge in [-0.25, -0.2) is 4.98 Å². The van der Waals surface area contributed by atoms with Crippen molar-refractivity contribution in [2.24, 2.45) is 0 Å². The third-order valence-corrected chi connectivity index (χ3v) is 3.82. The van der Waals surface area contributed by atoms with Crippen molar-refractivity contribution in [2.45, 2.75) is 19.6 Å². The molecule has 1 heterocycles. The molecule has 1 aromatic heterocycles. The molecule has 0 spiro atoms. The number of pyridine rings is 1. The van der Waals surface area contributed by atoms with Gasteiger partial charge in [-0.05, 0) is 38.2 Å². The molecule has 0 atom stereocenters. The van der Waals surface area contributed by atoms with E-state index in [1.807, 2.05) is 50.2 Å². The molecule has 0 fully saturated rings. The molecule has 0 radical (unpaired) electrons. The normalized spacial score (nSPS) is 11.6. The summed E-state index contributed by atoms with van der Waals surface area (Å²) in [6.45, 7) is 3.42. The van der Waals surface area contributed by atoms with Crippen LogP contribution in [0.5, 0.6) is 0 Å². The highest BCUT2D eigenvalue weighted by Gasteiger charge is 2.35. The second kappa shape index (κ2) is 8.20. The Morgan fingerprint density at radius 3 is 2.44 bits per heavy atom. The number of aryl methyl sites for hydroxylation is 1. The summed E-state index contributed by atoms with van der Waals surface area (Å²) in [5.74, 6) is 0.213. The molecule has 4 nitrogen and oxygen atoms in total. The maximum Gasteiger partial charge on any atom is 0.418 e. The Morgan fingerprint density at radius 1 is 1.08 bits per heavy atom. The van der Waals surface area contributed by atoms with Crippen molar-refractivity contribution in [3.8, 4) is 0 Å². The van der Waals surface area contributed by atoms with Crippen LogP contribution in [0.15, 0.2) is 36.5 Å². The molecular weight excluding hydrogens is 329 g/mol. The third kappa shape index (κ3) is 5.35. The van der Waals surface area contributed by atoms with Crippen molar-refractivity contribution in [2.75, 3.05) is 37.8 Å². The van der Waals surface area contributed by atoms with Gasteiger partial charge in [0.2, 0.25) is 0 Å². The fourth-order valence-corrected chi connectivity index (χ4v) is 2.40. The van der Waals surface area contributed by atoms with Gasteiger partial charge in [-0.15, -0.1) is 0 Å². The van der Waals surface area contributed by atoms with Gasteiger partial charge in [-0.1, -0.05) is 24.3 Å². The number of hydrogen-bond donors (Lipinski definition) is 2. The summed E-state index contributed by atoms with van der Waals surface area (Å²) in [4.78, 5) is 6.04. The van der Waals surface area contributed by atoms with Gasteiger partial charge in [-0.3, -0.25) is 0 Å². The first-order valence-corrected chi connectivity index (χ1v) is 8.02. The molecular formula is C18H23F3N4. The summed E-state index contributed by atoms with van der Waals surface area (Å²) in [6.07, 6.45) is -3.27. The van der Waals surface area contributed by atoms with Crippen LogP contribution in [0.25, 0.3) is 0 Å². The van der Waals surface area contributed by atoms with E-state index < -0.39 is 11.7 Å². The van der Waals surface area contributed by atoms with Gasteiger partial charge >= 0.3 is 6.18 Å². The van der Waals surface area contributed by atoms with Crippen molar-refractivity contribution in [3.63, 3.8) is 0 Å². The first-order valence-electron chi connectivity index (χ1n) is 8.02. The number of rotatable bonds is 7. The SMILES string of the molecule is Cc1ccccc1CNc1c(C(F)(F)F)ccnc1NCCN(C)C. The fourth-order valence-electron chi connectivity index (χ4n) is 2.40. The topological polar surface area (TPSA) is 40.2 Å². The average Bonchev–Trinajstić information content (AvgIpc) is 2.53. The molecule has 2 N–H and O–H groups in total. The van der Waals surface area contributed by atoms with E-state index >= 15 is 0 Å². The molecule has 0 aliphatic carbocycles. The quantitative estimate of drug-likeness (QED) is 0.790. The van der Waals surface area contributed by atoms with Crippen LogP contribution in [0.1, 0.15) is 16.7 Å². The highest BCUT2D eigenvalue weighted by Crippen LogP contribution is 2.38. The number of benzene rings is 1. The molecule has 0 unspecified atom stereocenters. The Morgan fingerprint density at radius 2 is 1.80 bits per heavy atom. The van der Waals surface area contributed by atoms with Crippen molar-refractivity contribution < 1.29 is 13.2 Å². The summed E-state index contributed by atoms with van der Waals surface area (Å²) in [5, 5.41) is 5.92. The molecule has 136 valence electrons. The van der Waals surface area contributed by atoms with Crippen LogP contribution < -0.4 is 10.6 Å². The van der Waals surface area contributed by atoms with Crippen LogP contribution in [0.2, 0.25) is 0 Å². The minimum Gasteiger partial charge on any atom is -0.377 e. The second-order valence-electron chi connectivity index (χ2n) is 6.09. The predicted octanol–water partition coefficient (Wildman–Crippen LogP) is 3.99. The van der Waals surface area contributed by atoms with Crippen LogP contribution in [0, 0.1) is 6.92 Å². The fraction of sp³-hybridized carbons (Fsp3) is 0.389. The lowest BCUT2D eigenvalue weighted by Crippen LogP contribution is -2.22. The Kier molecular flexibility index (Phi) is 6.25. The van der Waals surface area contributed by atoms with E-state index in [-0.39, 0.29) is 11.5 Å². The van der Waals surface area contributed by atoms with Crippen LogP contribution in [0.4, 0.5) is 24.7 Å². The van der Waals surface area contributed by atoms with Crippen LogP contribution in [-0.2, 0) is 12.7 Å². The Bertz CT molecular complexity index is 699. The van der Waals surface area contributed by atoms with Gasteiger partial charge in [0, 0.05) is 25.8 Å². The molecule has 25 heavy (non-hydrogen) atoms. The summed E-state index contributed by atoms with van der Waals surface area (Å²) >= 11 is 0. The molecule has 0 saturated carbocycles. The average molecular weight is 352 g/mol. The van der Waals surface area contributed by atoms with Gasteiger partial charge in [0.05, 0.1) is 11.3 Å². The van der Waals surface area contributed by atoms with Gasteiger partial charge in [0.1, 0.15) is 5.82 Å². The summed E-state index contributed by atoms with van der Waals surface area (Å²) in [7, 11) is 3.80. The number of anilines is 2. The molecule has 0 bridgehead atoms. The van der Waals surface area contributed by atoms with Crippen molar-refractivity contribution in [3.05, 3.63) is 53.2 Å². The lowest BCUT2D eigenvalue weighted by Gasteiger charge is -2.19. The van der Waals surface area contributed by atoms with Crippen LogP contribution in [-0.4, -0.2) is 37.1 Å². The lowest BCUT2D eigenvalue weighted by molar-refractivity contribution is -0.137. The molecule has 0 amide bonds. The van der Waals surface area contributed by atoms with E-state index in [4.69, 9.17) is 0 Å². The first kappa shape index (κ1) is 19.1. The summed E-state index contributed by atoms with van der Waals surface area (Å²) in [6, 6.07) is 8.59. The monoisotopic (exact) mass is 352 g/mol. The van der Waals surface area contributed by atoms with Crippen LogP contribution >= 0.6 is 0 Å². The molecule has 0 aliphatic heterocycles. The van der Waals surface area contributed by atoms with Gasteiger partial charge in [0.15, 0.2) is 0 Å². The lowest BCUT2D eigenvalue weighted by atomic mass is 10.1. The van der Waals surface area contributed by atoms with Gasteiger partial charge in [-0.2, -0.15) is 13.2 Å². The largest absolute Gasteiger partial charge is 0.418 e. The molecule has 0 saturated heterocycles. The number of aromatic nitrogens is 1. The van der Waals surface area contributed by atoms with E-state index in [0.717, 1.165) is 17.2 Å². The van der Waals surface area contributed by atoms with Crippen LogP contribution in [0.3, 0.4) is 0 Å². The predicted molar refractivity (Wildman–Crippen MR) is 94.8 cm³/mol. The third-order valence-electron chi connectivity index (χ3n) is 3.82. The minimum absolute atomic E-state index is 0.0167. The highest BCUT2D eigenvalue weighted by molar-refractivity contribution is 5.69. The Balaban J connectivity index is 2.26. The van der Waals surface area contributed by atoms with E-state index in [9.17, 15) is 13.2 Å². The first-order chi connectivity index (χ1) is 11.8. The smallest absolute Gasteiger partial charge is 0.377 e. The van der Waals surface area contributed by atoms with E-state index in [1.54, 1.807) is 0 Å². The number of likely N-dealkylation sites (N-methyl/N-ethyl adjacent to an activating group) is 1. The number of alkyl halides is 3. The molecule has 1 aromatic carbocycles.